The van der Waals surface area contributed by atoms with Crippen molar-refractivity contribution in [2.24, 2.45) is 0 Å². The monoisotopic (exact) mass is 468 g/mol. The smallest absolute Gasteiger partial charge is 0.243 e. The molecule has 1 N–H and O–H groups in total. The number of amides is 2. The Labute approximate surface area is 199 Å². The lowest BCUT2D eigenvalue weighted by Crippen LogP contribution is -2.51. The van der Waals surface area contributed by atoms with E-state index in [2.05, 4.69) is 5.32 Å². The van der Waals surface area contributed by atoms with Crippen LogP contribution in [0.25, 0.3) is 0 Å². The van der Waals surface area contributed by atoms with Crippen LogP contribution in [-0.2, 0) is 29.0 Å². The third kappa shape index (κ3) is 6.59. The van der Waals surface area contributed by atoms with Gasteiger partial charge in [-0.3, -0.25) is 9.59 Å². The topological polar surface area (TPSA) is 49.4 Å². The summed E-state index contributed by atoms with van der Waals surface area (Å²) in [6.07, 6.45) is 0.565. The zero-order chi connectivity index (χ0) is 22.9. The second-order valence-corrected chi connectivity index (χ2v) is 8.36. The Morgan fingerprint density at radius 3 is 2.19 bits per heavy atom. The van der Waals surface area contributed by atoms with Gasteiger partial charge in [-0.2, -0.15) is 0 Å². The number of nitrogens with zero attached hydrogens (tertiary/aromatic N) is 1. The minimum absolute atomic E-state index is 0.153. The summed E-state index contributed by atoms with van der Waals surface area (Å²) in [4.78, 5) is 28.3. The third-order valence-corrected chi connectivity index (χ3v) is 5.81. The Hall–Kier alpha value is -2.82. The summed E-state index contributed by atoms with van der Waals surface area (Å²) < 4.78 is 0. The van der Waals surface area contributed by atoms with E-state index in [1.807, 2.05) is 67.6 Å². The van der Waals surface area contributed by atoms with E-state index in [0.717, 1.165) is 16.7 Å². The lowest BCUT2D eigenvalue weighted by molar-refractivity contribution is -0.140. The van der Waals surface area contributed by atoms with Gasteiger partial charge in [0.2, 0.25) is 11.8 Å². The summed E-state index contributed by atoms with van der Waals surface area (Å²) in [6.45, 7) is 2.58. The van der Waals surface area contributed by atoms with Crippen molar-refractivity contribution in [3.63, 3.8) is 0 Å². The standard InChI is InChI=1S/C26H26Cl2N2O2/c1-2-29-26(32)24(16-19-8-4-3-5-9-19)30(18-21-10-6-7-11-23(21)28)25(31)17-20-12-14-22(27)15-13-20/h3-15,24H,2,16-18H2,1H3,(H,29,32)/t24-/m0/s1. The highest BCUT2D eigenvalue weighted by atomic mass is 35.5. The van der Waals surface area contributed by atoms with Gasteiger partial charge in [0.1, 0.15) is 6.04 Å². The average molecular weight is 469 g/mol. The fourth-order valence-electron chi connectivity index (χ4n) is 3.53. The zero-order valence-corrected chi connectivity index (χ0v) is 19.4. The molecule has 0 spiro atoms. The van der Waals surface area contributed by atoms with Gasteiger partial charge >= 0.3 is 0 Å². The number of nitrogens with one attached hydrogen (secondary N) is 1. The average Bonchev–Trinajstić information content (AvgIpc) is 2.79. The molecule has 0 aliphatic rings. The quantitative estimate of drug-likeness (QED) is 0.462. The Bertz CT molecular complexity index is 1040. The van der Waals surface area contributed by atoms with Gasteiger partial charge in [-0.05, 0) is 41.8 Å². The minimum atomic E-state index is -0.673. The van der Waals surface area contributed by atoms with Crippen molar-refractivity contribution in [2.75, 3.05) is 6.54 Å². The summed E-state index contributed by atoms with van der Waals surface area (Å²) in [5, 5.41) is 4.06. The molecular weight excluding hydrogens is 443 g/mol. The minimum Gasteiger partial charge on any atom is -0.355 e. The van der Waals surface area contributed by atoms with Gasteiger partial charge in [-0.1, -0.05) is 83.9 Å². The van der Waals surface area contributed by atoms with Gasteiger partial charge < -0.3 is 10.2 Å². The van der Waals surface area contributed by atoms with Crippen LogP contribution in [0.15, 0.2) is 78.9 Å². The normalized spacial score (nSPS) is 11.6. The highest BCUT2D eigenvalue weighted by Crippen LogP contribution is 2.21. The number of halogens is 2. The summed E-state index contributed by atoms with van der Waals surface area (Å²) >= 11 is 12.4. The predicted molar refractivity (Wildman–Crippen MR) is 130 cm³/mol. The first kappa shape index (κ1) is 23.8. The first-order valence-corrected chi connectivity index (χ1v) is 11.3. The van der Waals surface area contributed by atoms with Gasteiger partial charge in [0, 0.05) is 29.6 Å². The largest absolute Gasteiger partial charge is 0.355 e. The summed E-state index contributed by atoms with van der Waals surface area (Å²) in [7, 11) is 0. The fraction of sp³-hybridized carbons (Fsp3) is 0.231. The molecule has 0 radical (unpaired) electrons. The molecule has 4 nitrogen and oxygen atoms in total. The van der Waals surface area contributed by atoms with Crippen LogP contribution in [0.4, 0.5) is 0 Å². The molecule has 0 aliphatic heterocycles. The summed E-state index contributed by atoms with van der Waals surface area (Å²) in [5.74, 6) is -0.340. The van der Waals surface area contributed by atoms with Crippen molar-refractivity contribution in [1.29, 1.82) is 0 Å². The molecule has 3 rings (SSSR count). The van der Waals surface area contributed by atoms with Gasteiger partial charge in [-0.15, -0.1) is 0 Å². The maximum atomic E-state index is 13.5. The third-order valence-electron chi connectivity index (χ3n) is 5.19. The van der Waals surface area contributed by atoms with Crippen LogP contribution in [0.1, 0.15) is 23.6 Å². The molecule has 6 heteroatoms. The molecule has 0 unspecified atom stereocenters. The first-order chi connectivity index (χ1) is 15.5. The van der Waals surface area contributed by atoms with E-state index in [9.17, 15) is 9.59 Å². The van der Waals surface area contributed by atoms with Gasteiger partial charge in [-0.25, -0.2) is 0 Å². The van der Waals surface area contributed by atoms with E-state index in [1.165, 1.54) is 0 Å². The van der Waals surface area contributed by atoms with Gasteiger partial charge in [0.05, 0.1) is 6.42 Å². The van der Waals surface area contributed by atoms with E-state index >= 15 is 0 Å². The molecule has 166 valence electrons. The summed E-state index contributed by atoms with van der Waals surface area (Å²) in [6, 6.07) is 23.6. The maximum Gasteiger partial charge on any atom is 0.243 e. The molecule has 0 fully saturated rings. The molecule has 2 amide bonds. The number of benzene rings is 3. The molecule has 0 heterocycles. The second-order valence-electron chi connectivity index (χ2n) is 7.52. The van der Waals surface area contributed by atoms with Crippen LogP contribution in [0.2, 0.25) is 10.0 Å². The molecule has 0 aromatic heterocycles. The lowest BCUT2D eigenvalue weighted by Gasteiger charge is -2.32. The van der Waals surface area contributed by atoms with E-state index < -0.39 is 6.04 Å². The molecule has 32 heavy (non-hydrogen) atoms. The molecule has 0 bridgehead atoms. The molecule has 0 saturated heterocycles. The van der Waals surface area contributed by atoms with Crippen LogP contribution in [0, 0.1) is 0 Å². The molecule has 1 atom stereocenters. The van der Waals surface area contributed by atoms with Crippen molar-refractivity contribution in [1.82, 2.24) is 10.2 Å². The summed E-state index contributed by atoms with van der Waals surface area (Å²) in [5.41, 5.74) is 2.60. The number of rotatable bonds is 9. The highest BCUT2D eigenvalue weighted by molar-refractivity contribution is 6.31. The Morgan fingerprint density at radius 2 is 1.53 bits per heavy atom. The predicted octanol–water partition coefficient (Wildman–Crippen LogP) is 5.31. The van der Waals surface area contributed by atoms with Crippen molar-refractivity contribution in [2.45, 2.75) is 32.4 Å². The maximum absolute atomic E-state index is 13.5. The Balaban J connectivity index is 1.95. The number of likely N-dealkylation sites (N-methyl/N-ethyl adjacent to an activating group) is 1. The van der Waals surface area contributed by atoms with E-state index in [1.54, 1.807) is 23.1 Å². The molecule has 3 aromatic rings. The Morgan fingerprint density at radius 1 is 0.875 bits per heavy atom. The molecular formula is C26H26Cl2N2O2. The molecule has 0 saturated carbocycles. The highest BCUT2D eigenvalue weighted by Gasteiger charge is 2.30. The molecule has 0 aliphatic carbocycles. The first-order valence-electron chi connectivity index (χ1n) is 10.6. The van der Waals surface area contributed by atoms with Crippen molar-refractivity contribution in [3.8, 4) is 0 Å². The number of hydrogen-bond acceptors (Lipinski definition) is 2. The van der Waals surface area contributed by atoms with Crippen molar-refractivity contribution in [3.05, 3.63) is 106 Å². The number of carbonyl (C=O) groups is 2. The van der Waals surface area contributed by atoms with E-state index in [4.69, 9.17) is 23.2 Å². The Kier molecular flexibility index (Phi) is 8.72. The van der Waals surface area contributed by atoms with Crippen LogP contribution in [0.3, 0.4) is 0 Å². The van der Waals surface area contributed by atoms with Crippen molar-refractivity contribution >= 4 is 35.0 Å². The van der Waals surface area contributed by atoms with Gasteiger partial charge in [0.25, 0.3) is 0 Å². The van der Waals surface area contributed by atoms with Crippen LogP contribution < -0.4 is 5.32 Å². The number of carbonyl (C=O) groups excluding carboxylic acids is 2. The van der Waals surface area contributed by atoms with E-state index in [0.29, 0.717) is 23.0 Å². The van der Waals surface area contributed by atoms with Crippen molar-refractivity contribution < 1.29 is 9.59 Å². The SMILES string of the molecule is CCNC(=O)[C@H](Cc1ccccc1)N(Cc1ccccc1Cl)C(=O)Cc1ccc(Cl)cc1. The van der Waals surface area contributed by atoms with Gasteiger partial charge in [0.15, 0.2) is 0 Å². The second kappa shape index (κ2) is 11.7. The van der Waals surface area contributed by atoms with Crippen LogP contribution in [0.5, 0.6) is 0 Å². The lowest BCUT2D eigenvalue weighted by atomic mass is 10.0. The molecule has 3 aromatic carbocycles. The fourth-order valence-corrected chi connectivity index (χ4v) is 3.86. The van der Waals surface area contributed by atoms with E-state index in [-0.39, 0.29) is 24.8 Å². The van der Waals surface area contributed by atoms with Crippen LogP contribution >= 0.6 is 23.2 Å². The number of hydrogen-bond donors (Lipinski definition) is 1. The van der Waals surface area contributed by atoms with Crippen LogP contribution in [-0.4, -0.2) is 29.3 Å². The zero-order valence-electron chi connectivity index (χ0n) is 17.9.